The molecule has 1 aromatic heterocycles. The van der Waals surface area contributed by atoms with E-state index in [1.807, 2.05) is 11.4 Å². The number of nitrogens with zero attached hydrogens (tertiary/aromatic N) is 1. The molecular formula is C21H21N3O5S. The molecule has 1 aliphatic rings. The van der Waals surface area contributed by atoms with E-state index < -0.39 is 18.2 Å². The first kappa shape index (κ1) is 21.4. The maximum absolute atomic E-state index is 12.8. The largest absolute Gasteiger partial charge is 0.497 e. The molecule has 3 rings (SSSR count). The summed E-state index contributed by atoms with van der Waals surface area (Å²) in [6.45, 7) is 2.20. The predicted molar refractivity (Wildman–Crippen MR) is 111 cm³/mol. The van der Waals surface area contributed by atoms with Crippen LogP contribution in [0.4, 0.5) is 4.79 Å². The van der Waals surface area contributed by atoms with Crippen molar-refractivity contribution in [2.75, 3.05) is 13.7 Å². The highest BCUT2D eigenvalue weighted by atomic mass is 32.1. The van der Waals surface area contributed by atoms with Crippen LogP contribution in [0.5, 0.6) is 5.75 Å². The first-order valence-electron chi connectivity index (χ1n) is 9.17. The van der Waals surface area contributed by atoms with Gasteiger partial charge in [0.25, 0.3) is 5.91 Å². The molecule has 30 heavy (non-hydrogen) atoms. The van der Waals surface area contributed by atoms with E-state index >= 15 is 0 Å². The summed E-state index contributed by atoms with van der Waals surface area (Å²) in [5, 5.41) is 14.3. The third-order valence-electron chi connectivity index (χ3n) is 4.50. The summed E-state index contributed by atoms with van der Waals surface area (Å²) in [6.07, 6.45) is -0.313. The highest BCUT2D eigenvalue weighted by Gasteiger charge is 2.29. The molecule has 0 saturated heterocycles. The van der Waals surface area contributed by atoms with E-state index in [0.29, 0.717) is 22.7 Å². The van der Waals surface area contributed by atoms with Crippen molar-refractivity contribution in [1.82, 2.24) is 15.5 Å². The number of ether oxygens (including phenoxy) is 1. The molecule has 156 valence electrons. The molecule has 0 bridgehead atoms. The van der Waals surface area contributed by atoms with Crippen molar-refractivity contribution >= 4 is 29.7 Å². The lowest BCUT2D eigenvalue weighted by atomic mass is 10.1. The molecule has 3 N–H and O–H groups in total. The van der Waals surface area contributed by atoms with Crippen molar-refractivity contribution in [2.45, 2.75) is 25.6 Å². The first-order valence-corrected chi connectivity index (χ1v) is 9.99. The predicted octanol–water partition coefficient (Wildman–Crippen LogP) is 1.64. The Morgan fingerprint density at radius 2 is 2.20 bits per heavy atom. The quantitative estimate of drug-likeness (QED) is 0.480. The van der Waals surface area contributed by atoms with Crippen LogP contribution >= 0.6 is 11.3 Å². The summed E-state index contributed by atoms with van der Waals surface area (Å²) >= 11 is 1.35. The summed E-state index contributed by atoms with van der Waals surface area (Å²) in [7, 11) is 1.54. The number of methoxy groups -OCH3 is 1. The minimum absolute atomic E-state index is 0.143. The van der Waals surface area contributed by atoms with Crippen LogP contribution in [0.15, 0.2) is 30.3 Å². The van der Waals surface area contributed by atoms with Crippen molar-refractivity contribution in [3.8, 4) is 17.6 Å². The van der Waals surface area contributed by atoms with E-state index in [1.165, 1.54) is 18.4 Å². The van der Waals surface area contributed by atoms with E-state index in [0.717, 1.165) is 10.4 Å². The maximum atomic E-state index is 12.8. The van der Waals surface area contributed by atoms with E-state index in [4.69, 9.17) is 4.74 Å². The van der Waals surface area contributed by atoms with E-state index in [1.54, 1.807) is 36.1 Å². The Bertz CT molecular complexity index is 1020. The number of rotatable bonds is 6. The molecule has 1 aliphatic heterocycles. The summed E-state index contributed by atoms with van der Waals surface area (Å²) < 4.78 is 5.18. The molecule has 0 saturated carbocycles. The summed E-state index contributed by atoms with van der Waals surface area (Å²) in [5.74, 6) is 6.32. The molecule has 9 heteroatoms. The Kier molecular flexibility index (Phi) is 6.72. The highest BCUT2D eigenvalue weighted by molar-refractivity contribution is 7.12. The van der Waals surface area contributed by atoms with Gasteiger partial charge in [0.1, 0.15) is 11.8 Å². The molecule has 2 heterocycles. The molecule has 0 radical (unpaired) electrons. The van der Waals surface area contributed by atoms with Gasteiger partial charge in [-0.2, -0.15) is 0 Å². The standard InChI is InChI=1S/C21H21N3O5S/c1-13(26)19-8-7-17(30-19)6-4-15(23-21(28)22-12-25)11-24-10-14-3-5-16(29-2)9-18(14)20(24)27/h3,5,7-9,12-13,15,26H,10-11H2,1-2H3,(H2,22,23,25,28)/t13?,15-/m1/s1. The lowest BCUT2D eigenvalue weighted by Gasteiger charge is -2.20. The number of aliphatic hydroxyl groups excluding tert-OH is 1. The Morgan fingerprint density at radius 3 is 2.87 bits per heavy atom. The zero-order chi connectivity index (χ0) is 21.7. The molecule has 0 aliphatic carbocycles. The van der Waals surface area contributed by atoms with Gasteiger partial charge < -0.3 is 20.1 Å². The zero-order valence-electron chi connectivity index (χ0n) is 16.5. The normalized spacial score (nSPS) is 14.2. The monoisotopic (exact) mass is 427 g/mol. The van der Waals surface area contributed by atoms with Crippen LogP contribution in [0.1, 0.15) is 38.7 Å². The van der Waals surface area contributed by atoms with Gasteiger partial charge in [0.05, 0.1) is 24.6 Å². The molecule has 2 atom stereocenters. The number of thiophene rings is 1. The van der Waals surface area contributed by atoms with Crippen molar-refractivity contribution in [3.05, 3.63) is 51.2 Å². The van der Waals surface area contributed by atoms with Gasteiger partial charge >= 0.3 is 6.03 Å². The fourth-order valence-corrected chi connectivity index (χ4v) is 3.83. The van der Waals surface area contributed by atoms with Gasteiger partial charge in [0, 0.05) is 17.0 Å². The smallest absolute Gasteiger partial charge is 0.322 e. The van der Waals surface area contributed by atoms with E-state index in [2.05, 4.69) is 17.2 Å². The lowest BCUT2D eigenvalue weighted by molar-refractivity contribution is -0.108. The zero-order valence-corrected chi connectivity index (χ0v) is 17.3. The Labute approximate surface area is 177 Å². The molecular weight excluding hydrogens is 406 g/mol. The Morgan fingerprint density at radius 1 is 1.40 bits per heavy atom. The second kappa shape index (κ2) is 9.43. The number of benzene rings is 1. The first-order chi connectivity index (χ1) is 14.4. The Balaban J connectivity index is 1.77. The molecule has 2 aromatic rings. The maximum Gasteiger partial charge on any atom is 0.322 e. The van der Waals surface area contributed by atoms with Crippen LogP contribution in [0.2, 0.25) is 0 Å². The number of nitrogens with one attached hydrogen (secondary N) is 2. The van der Waals surface area contributed by atoms with Crippen LogP contribution in [0.25, 0.3) is 0 Å². The SMILES string of the molecule is COc1ccc2c(c1)C(=O)N(C[C@@H](C#Cc1ccc(C(C)O)s1)NC(=O)NC=O)C2. The third kappa shape index (κ3) is 4.97. The van der Waals surface area contributed by atoms with Crippen LogP contribution < -0.4 is 15.4 Å². The summed E-state index contributed by atoms with van der Waals surface area (Å²) in [6, 6.07) is 7.48. The topological polar surface area (TPSA) is 108 Å². The molecule has 0 spiro atoms. The molecule has 1 unspecified atom stereocenters. The molecule has 1 aromatic carbocycles. The van der Waals surface area contributed by atoms with Crippen LogP contribution in [0, 0.1) is 11.8 Å². The lowest BCUT2D eigenvalue weighted by Crippen LogP contribution is -2.46. The van der Waals surface area contributed by atoms with Gasteiger partial charge in [-0.1, -0.05) is 17.9 Å². The second-order valence-electron chi connectivity index (χ2n) is 6.64. The summed E-state index contributed by atoms with van der Waals surface area (Å²) in [4.78, 5) is 38.2. The van der Waals surface area contributed by atoms with Crippen molar-refractivity contribution in [2.24, 2.45) is 0 Å². The average molecular weight is 427 g/mol. The molecule has 4 amide bonds. The van der Waals surface area contributed by atoms with Crippen LogP contribution in [-0.2, 0) is 11.3 Å². The van der Waals surface area contributed by atoms with Crippen LogP contribution in [0.3, 0.4) is 0 Å². The van der Waals surface area contributed by atoms with Crippen LogP contribution in [-0.4, -0.2) is 48.1 Å². The second-order valence-corrected chi connectivity index (χ2v) is 7.76. The number of aliphatic hydroxyl groups is 1. The van der Waals surface area contributed by atoms with Crippen molar-refractivity contribution < 1.29 is 24.2 Å². The number of carbonyl (C=O) groups is 3. The minimum Gasteiger partial charge on any atom is -0.497 e. The highest BCUT2D eigenvalue weighted by Crippen LogP contribution is 2.27. The third-order valence-corrected chi connectivity index (χ3v) is 5.67. The molecule has 0 fully saturated rings. The van der Waals surface area contributed by atoms with Crippen molar-refractivity contribution in [1.29, 1.82) is 0 Å². The number of amides is 4. The van der Waals surface area contributed by atoms with Gasteiger partial charge in [-0.25, -0.2) is 4.79 Å². The number of imide groups is 1. The fraction of sp³-hybridized carbons (Fsp3) is 0.286. The number of hydrogen-bond acceptors (Lipinski definition) is 6. The minimum atomic E-state index is -0.706. The number of urea groups is 1. The number of fused-ring (bicyclic) bond motifs is 1. The van der Waals surface area contributed by atoms with Gasteiger partial charge in [-0.3, -0.25) is 14.9 Å². The fourth-order valence-electron chi connectivity index (χ4n) is 3.02. The number of carbonyl (C=O) groups excluding carboxylic acids is 3. The number of hydrogen-bond donors (Lipinski definition) is 3. The van der Waals surface area contributed by atoms with Gasteiger partial charge in [-0.05, 0) is 36.8 Å². The van der Waals surface area contributed by atoms with Crippen molar-refractivity contribution in [3.63, 3.8) is 0 Å². The molecule has 8 nitrogen and oxygen atoms in total. The van der Waals surface area contributed by atoms with E-state index in [9.17, 15) is 19.5 Å². The Hall–Kier alpha value is -3.35. The van der Waals surface area contributed by atoms with E-state index in [-0.39, 0.29) is 18.9 Å². The van der Waals surface area contributed by atoms with Gasteiger partial charge in [0.15, 0.2) is 0 Å². The van der Waals surface area contributed by atoms with Gasteiger partial charge in [-0.15, -0.1) is 11.3 Å². The van der Waals surface area contributed by atoms with Gasteiger partial charge in [0.2, 0.25) is 6.41 Å². The summed E-state index contributed by atoms with van der Waals surface area (Å²) in [5.41, 5.74) is 1.42. The average Bonchev–Trinajstić information content (AvgIpc) is 3.31.